The molecule has 1 nitrogen and oxygen atoms in total. The molecule has 2 aliphatic carbocycles. The largest absolute Gasteiger partial charge is 0.310 e. The summed E-state index contributed by atoms with van der Waals surface area (Å²) in [5.74, 6) is 0. The van der Waals surface area contributed by atoms with E-state index in [0.29, 0.717) is 10.0 Å². The number of anilines is 3. The molecule has 0 fully saturated rings. The smallest absolute Gasteiger partial charge is 0.0725 e. The highest BCUT2D eigenvalue weighted by molar-refractivity contribution is 7.26. The Bertz CT molecular complexity index is 3250. The maximum atomic E-state index is 6.61. The quantitative estimate of drug-likeness (QED) is 0.167. The van der Waals surface area contributed by atoms with Crippen LogP contribution >= 0.6 is 34.5 Å². The molecule has 0 amide bonds. The second-order valence-electron chi connectivity index (χ2n) is 15.5. The summed E-state index contributed by atoms with van der Waals surface area (Å²) in [6, 6.07) is 72.9. The molecule has 1 heterocycles. The van der Waals surface area contributed by atoms with E-state index in [1.54, 1.807) is 6.07 Å². The lowest BCUT2D eigenvalue weighted by atomic mass is 9.70. The third kappa shape index (κ3) is 5.11. The van der Waals surface area contributed by atoms with Gasteiger partial charge in [-0.2, -0.15) is 0 Å². The number of para-hydroxylation sites is 1. The fraction of sp³-hybridized carbons (Fsp3) is 0.0182. The maximum Gasteiger partial charge on any atom is 0.0725 e. The zero-order chi connectivity index (χ0) is 39.2. The molecule has 0 saturated heterocycles. The van der Waals surface area contributed by atoms with Crippen LogP contribution in [0.3, 0.4) is 0 Å². The van der Waals surface area contributed by atoms with Gasteiger partial charge in [-0.1, -0.05) is 163 Å². The molecule has 0 bridgehead atoms. The molecule has 59 heavy (non-hydrogen) atoms. The normalized spacial score (nSPS) is 13.1. The Balaban J connectivity index is 1.15. The van der Waals surface area contributed by atoms with Crippen molar-refractivity contribution in [3.05, 3.63) is 232 Å². The number of benzene rings is 9. The van der Waals surface area contributed by atoms with Crippen LogP contribution in [0.25, 0.3) is 64.7 Å². The van der Waals surface area contributed by atoms with Crippen LogP contribution in [-0.2, 0) is 5.41 Å². The number of hydrogen-bond donors (Lipinski definition) is 0. The van der Waals surface area contributed by atoms with Gasteiger partial charge in [0.25, 0.3) is 0 Å². The summed E-state index contributed by atoms with van der Waals surface area (Å²) in [7, 11) is 0. The van der Waals surface area contributed by atoms with Crippen LogP contribution in [0, 0.1) is 0 Å². The molecule has 0 aliphatic heterocycles. The zero-order valence-electron chi connectivity index (χ0n) is 31.7. The van der Waals surface area contributed by atoms with Gasteiger partial charge in [0.05, 0.1) is 11.1 Å². The third-order valence-corrected chi connectivity index (χ3v) is 14.0. The number of fused-ring (bicyclic) bond motifs is 13. The summed E-state index contributed by atoms with van der Waals surface area (Å²) in [4.78, 5) is 2.46. The lowest BCUT2D eigenvalue weighted by molar-refractivity contribution is 0.794. The average molecular weight is 811 g/mol. The van der Waals surface area contributed by atoms with Crippen LogP contribution in [0.5, 0.6) is 0 Å². The molecule has 4 heteroatoms. The minimum atomic E-state index is -0.480. The predicted molar refractivity (Wildman–Crippen MR) is 251 cm³/mol. The van der Waals surface area contributed by atoms with Crippen LogP contribution in [0.1, 0.15) is 22.3 Å². The van der Waals surface area contributed by atoms with E-state index in [1.165, 1.54) is 75.8 Å². The average Bonchev–Trinajstić information content (AvgIpc) is 3.91. The molecule has 278 valence electrons. The first-order chi connectivity index (χ1) is 29.1. The van der Waals surface area contributed by atoms with Crippen molar-refractivity contribution in [1.82, 2.24) is 0 Å². The predicted octanol–water partition coefficient (Wildman–Crippen LogP) is 16.5. The molecular weight excluding hydrogens is 778 g/mol. The fourth-order valence-corrected chi connectivity index (χ4v) is 11.8. The number of hydrogen-bond acceptors (Lipinski definition) is 2. The van der Waals surface area contributed by atoms with Crippen LogP contribution in [0.2, 0.25) is 10.0 Å². The van der Waals surface area contributed by atoms with Crippen molar-refractivity contribution >= 4 is 71.8 Å². The molecule has 0 radical (unpaired) electrons. The first-order valence-corrected chi connectivity index (χ1v) is 21.5. The van der Waals surface area contributed by atoms with Gasteiger partial charge in [-0.15, -0.1) is 11.3 Å². The van der Waals surface area contributed by atoms with Gasteiger partial charge in [0.15, 0.2) is 0 Å². The highest BCUT2D eigenvalue weighted by atomic mass is 35.5. The van der Waals surface area contributed by atoms with Crippen LogP contribution in [-0.4, -0.2) is 0 Å². The molecule has 10 aromatic rings. The Kier molecular flexibility index (Phi) is 7.81. The molecule has 1 aromatic heterocycles. The Morgan fingerprint density at radius 3 is 1.71 bits per heavy atom. The first kappa shape index (κ1) is 34.6. The highest BCUT2D eigenvalue weighted by Gasteiger charge is 2.51. The van der Waals surface area contributed by atoms with E-state index in [9.17, 15) is 0 Å². The molecule has 0 N–H and O–H groups in total. The minimum Gasteiger partial charge on any atom is -0.310 e. The summed E-state index contributed by atoms with van der Waals surface area (Å²) in [5.41, 5.74) is 17.6. The van der Waals surface area contributed by atoms with E-state index in [2.05, 4.69) is 187 Å². The summed E-state index contributed by atoms with van der Waals surface area (Å²) in [5, 5.41) is 3.76. The van der Waals surface area contributed by atoms with E-state index in [0.717, 1.165) is 28.2 Å². The minimum absolute atomic E-state index is 0.480. The Hall–Kier alpha value is -6.42. The second-order valence-corrected chi connectivity index (χ2v) is 17.4. The van der Waals surface area contributed by atoms with Crippen molar-refractivity contribution in [3.63, 3.8) is 0 Å². The van der Waals surface area contributed by atoms with Gasteiger partial charge in [0.1, 0.15) is 0 Å². The number of thiophene rings is 1. The molecule has 0 unspecified atom stereocenters. The van der Waals surface area contributed by atoms with Crippen molar-refractivity contribution in [2.24, 2.45) is 0 Å². The van der Waals surface area contributed by atoms with Crippen molar-refractivity contribution < 1.29 is 0 Å². The molecule has 1 spiro atoms. The highest BCUT2D eigenvalue weighted by Crippen LogP contribution is 2.64. The van der Waals surface area contributed by atoms with E-state index in [1.807, 2.05) is 23.5 Å². The van der Waals surface area contributed by atoms with Crippen LogP contribution < -0.4 is 4.90 Å². The fourth-order valence-electron chi connectivity index (χ4n) is 10.0. The Labute approximate surface area is 357 Å². The van der Waals surface area contributed by atoms with Gasteiger partial charge in [0.2, 0.25) is 0 Å². The molecule has 2 aliphatic rings. The lowest BCUT2D eigenvalue weighted by Gasteiger charge is -2.31. The topological polar surface area (TPSA) is 3.24 Å². The first-order valence-electron chi connectivity index (χ1n) is 19.9. The van der Waals surface area contributed by atoms with E-state index >= 15 is 0 Å². The molecule has 0 atom stereocenters. The SMILES string of the molecule is Clc1cc(Cl)cc(-c2ccc3c(c2)-c2cc(N(c4ccccc4)c4ccc(-c5ccccc5)c5sc6ccccc6c45)ccc2C32c3ccccc3-c3ccccc32)c1. The molecule has 9 aromatic carbocycles. The second kappa shape index (κ2) is 13.3. The van der Waals surface area contributed by atoms with Crippen molar-refractivity contribution in [3.8, 4) is 44.5 Å². The molecule has 0 saturated carbocycles. The Morgan fingerprint density at radius 2 is 0.983 bits per heavy atom. The van der Waals surface area contributed by atoms with E-state index < -0.39 is 5.41 Å². The Morgan fingerprint density at radius 1 is 0.390 bits per heavy atom. The van der Waals surface area contributed by atoms with Crippen LogP contribution in [0.4, 0.5) is 17.1 Å². The third-order valence-electron chi connectivity index (χ3n) is 12.4. The monoisotopic (exact) mass is 809 g/mol. The van der Waals surface area contributed by atoms with E-state index in [-0.39, 0.29) is 0 Å². The molecule has 12 rings (SSSR count). The van der Waals surface area contributed by atoms with Gasteiger partial charge in [0, 0.05) is 41.6 Å². The summed E-state index contributed by atoms with van der Waals surface area (Å²) < 4.78 is 2.56. The number of halogens is 2. The van der Waals surface area contributed by atoms with Crippen LogP contribution in [0.15, 0.2) is 200 Å². The lowest BCUT2D eigenvalue weighted by Crippen LogP contribution is -2.25. The van der Waals surface area contributed by atoms with Crippen molar-refractivity contribution in [2.75, 3.05) is 4.90 Å². The standard InChI is InChI=1S/C55H33Cl2NS/c56-37-29-36(30-38(57)32-37)35-23-26-49-45(31-35)46-33-40(24-27-50(46)55(49)47-20-10-7-17-42(47)43-18-8-11-21-48(43)55)58(39-15-5-2-6-16-39)51-28-25-41(34-13-3-1-4-14-34)54-53(51)44-19-9-12-22-52(44)59-54/h1-33H. The summed E-state index contributed by atoms with van der Waals surface area (Å²) >= 11 is 15.1. The van der Waals surface area contributed by atoms with E-state index in [4.69, 9.17) is 23.2 Å². The zero-order valence-corrected chi connectivity index (χ0v) is 34.0. The molecular formula is C55H33Cl2NS. The van der Waals surface area contributed by atoms with Gasteiger partial charge in [-0.3, -0.25) is 0 Å². The number of nitrogens with zero attached hydrogens (tertiary/aromatic N) is 1. The van der Waals surface area contributed by atoms with Gasteiger partial charge in [-0.05, 0) is 127 Å². The van der Waals surface area contributed by atoms with Gasteiger partial charge >= 0.3 is 0 Å². The summed E-state index contributed by atoms with van der Waals surface area (Å²) in [6.07, 6.45) is 0. The maximum absolute atomic E-state index is 6.61. The van der Waals surface area contributed by atoms with Crippen molar-refractivity contribution in [2.45, 2.75) is 5.41 Å². The summed E-state index contributed by atoms with van der Waals surface area (Å²) in [6.45, 7) is 0. The van der Waals surface area contributed by atoms with Gasteiger partial charge in [-0.25, -0.2) is 0 Å². The number of rotatable bonds is 5. The van der Waals surface area contributed by atoms with Crippen molar-refractivity contribution in [1.29, 1.82) is 0 Å². The van der Waals surface area contributed by atoms with Gasteiger partial charge < -0.3 is 4.90 Å².